The van der Waals surface area contributed by atoms with Gasteiger partial charge in [-0.1, -0.05) is 53.5 Å². The maximum absolute atomic E-state index is 12.6. The van der Waals surface area contributed by atoms with Crippen LogP contribution in [0.25, 0.3) is 0 Å². The van der Waals surface area contributed by atoms with Gasteiger partial charge in [-0.2, -0.15) is 0 Å². The van der Waals surface area contributed by atoms with Crippen molar-refractivity contribution >= 4 is 38.9 Å². The summed E-state index contributed by atoms with van der Waals surface area (Å²) in [4.78, 5) is 19.3. The number of para-hydroxylation sites is 1. The summed E-state index contributed by atoms with van der Waals surface area (Å²) < 4.78 is 30.9. The van der Waals surface area contributed by atoms with E-state index < -0.39 is 15.4 Å². The van der Waals surface area contributed by atoms with E-state index in [2.05, 4.69) is 28.2 Å². The molecule has 0 radical (unpaired) electrons. The van der Waals surface area contributed by atoms with Crippen molar-refractivity contribution in [1.82, 2.24) is 15.2 Å². The lowest BCUT2D eigenvalue weighted by Crippen LogP contribution is -2.48. The van der Waals surface area contributed by atoms with Gasteiger partial charge in [-0.15, -0.1) is 0 Å². The third-order valence-corrected chi connectivity index (χ3v) is 9.93. The van der Waals surface area contributed by atoms with Crippen molar-refractivity contribution in [3.63, 3.8) is 0 Å². The molecule has 2 aliphatic heterocycles. The maximum atomic E-state index is 12.6. The number of benzene rings is 2. The number of ether oxygens (including phenoxy) is 1. The van der Waals surface area contributed by atoms with Crippen molar-refractivity contribution in [2.24, 2.45) is 5.92 Å². The summed E-state index contributed by atoms with van der Waals surface area (Å²) in [5.41, 5.74) is 1.90. The Morgan fingerprint density at radius 1 is 1.10 bits per heavy atom. The largest absolute Gasteiger partial charge is 0.482 e. The predicted molar refractivity (Wildman–Crippen MR) is 157 cm³/mol. The average molecular weight is 603 g/mol. The lowest BCUT2D eigenvalue weighted by atomic mass is 9.73. The van der Waals surface area contributed by atoms with Gasteiger partial charge in [-0.05, 0) is 68.6 Å². The molecule has 2 unspecified atom stereocenters. The number of carbonyl (C=O) groups is 1. The number of hydrogen-bond acceptors (Lipinski definition) is 6. The highest BCUT2D eigenvalue weighted by Gasteiger charge is 2.48. The molecule has 0 bridgehead atoms. The van der Waals surface area contributed by atoms with Crippen LogP contribution in [0, 0.1) is 5.92 Å². The first-order valence-corrected chi connectivity index (χ1v) is 16.1. The molecule has 1 fully saturated rings. The van der Waals surface area contributed by atoms with Crippen LogP contribution >= 0.6 is 23.2 Å². The van der Waals surface area contributed by atoms with Crippen LogP contribution in [0.15, 0.2) is 65.8 Å². The number of rotatable bonds is 8. The second-order valence-corrected chi connectivity index (χ2v) is 13.6. The van der Waals surface area contributed by atoms with Gasteiger partial charge in [-0.3, -0.25) is 9.78 Å². The summed E-state index contributed by atoms with van der Waals surface area (Å²) in [6.45, 7) is 4.50. The quantitative estimate of drug-likeness (QED) is 0.364. The molecule has 3 aromatic rings. The Morgan fingerprint density at radius 2 is 1.75 bits per heavy atom. The number of likely N-dealkylation sites (tertiary alicyclic amines) is 1. The molecule has 1 N–H and O–H groups in total. The van der Waals surface area contributed by atoms with Crippen molar-refractivity contribution in [3.05, 3.63) is 87.7 Å². The minimum atomic E-state index is -3.28. The fourth-order valence-electron chi connectivity index (χ4n) is 5.97. The monoisotopic (exact) mass is 601 g/mol. The van der Waals surface area contributed by atoms with Gasteiger partial charge in [0, 0.05) is 43.6 Å². The van der Waals surface area contributed by atoms with Crippen LogP contribution in [0.5, 0.6) is 5.75 Å². The van der Waals surface area contributed by atoms with Crippen LogP contribution in [-0.2, 0) is 21.9 Å². The smallest absolute Gasteiger partial charge is 0.254 e. The van der Waals surface area contributed by atoms with Crippen LogP contribution in [-0.4, -0.2) is 56.1 Å². The highest BCUT2D eigenvalue weighted by Crippen LogP contribution is 2.49. The lowest BCUT2D eigenvalue weighted by molar-refractivity contribution is -0.0142. The number of sulfone groups is 1. The fourth-order valence-corrected chi connectivity index (χ4v) is 7.14. The molecule has 1 saturated heterocycles. The van der Waals surface area contributed by atoms with Crippen molar-refractivity contribution < 1.29 is 17.9 Å². The van der Waals surface area contributed by atoms with E-state index in [0.29, 0.717) is 11.4 Å². The first-order valence-electron chi connectivity index (χ1n) is 13.5. The molecule has 40 heavy (non-hydrogen) atoms. The van der Waals surface area contributed by atoms with Gasteiger partial charge in [0.2, 0.25) is 0 Å². The molecule has 0 saturated carbocycles. The van der Waals surface area contributed by atoms with Gasteiger partial charge in [0.05, 0.1) is 20.5 Å². The molecule has 0 aliphatic carbocycles. The zero-order valence-corrected chi connectivity index (χ0v) is 24.9. The van der Waals surface area contributed by atoms with E-state index in [1.807, 2.05) is 30.3 Å². The van der Waals surface area contributed by atoms with Crippen LogP contribution < -0.4 is 10.1 Å². The maximum Gasteiger partial charge on any atom is 0.254 e. The Balaban J connectivity index is 1.24. The molecule has 1 amide bonds. The summed E-state index contributed by atoms with van der Waals surface area (Å²) in [6.07, 6.45) is 7.49. The van der Waals surface area contributed by atoms with Crippen LogP contribution in [0.2, 0.25) is 10.0 Å². The number of aromatic nitrogens is 1. The number of nitrogens with zero attached hydrogens (tertiary/aromatic N) is 2. The minimum Gasteiger partial charge on any atom is -0.482 e. The van der Waals surface area contributed by atoms with E-state index in [4.69, 9.17) is 27.9 Å². The van der Waals surface area contributed by atoms with Crippen molar-refractivity contribution in [2.45, 2.75) is 49.1 Å². The third kappa shape index (κ3) is 5.86. The number of pyridine rings is 1. The van der Waals surface area contributed by atoms with E-state index in [9.17, 15) is 13.2 Å². The van der Waals surface area contributed by atoms with E-state index in [1.165, 1.54) is 24.2 Å². The highest BCUT2D eigenvalue weighted by atomic mass is 35.5. The number of amides is 1. The summed E-state index contributed by atoms with van der Waals surface area (Å²) in [6, 6.07) is 15.6. The third-order valence-electron chi connectivity index (χ3n) is 8.23. The molecule has 3 heterocycles. The van der Waals surface area contributed by atoms with Crippen molar-refractivity contribution in [3.8, 4) is 5.75 Å². The van der Waals surface area contributed by atoms with Gasteiger partial charge in [0.25, 0.3) is 5.91 Å². The average Bonchev–Trinajstić information content (AvgIpc) is 3.33. The van der Waals surface area contributed by atoms with E-state index in [1.54, 1.807) is 12.1 Å². The zero-order chi connectivity index (χ0) is 28.5. The Bertz CT molecular complexity index is 1440. The Labute approximate surface area is 245 Å². The van der Waals surface area contributed by atoms with Gasteiger partial charge < -0.3 is 15.0 Å². The molecule has 5 rings (SSSR count). The highest BCUT2D eigenvalue weighted by molar-refractivity contribution is 7.90. The molecule has 0 spiro atoms. The molecule has 10 heteroatoms. The SMILES string of the molecule is CC(CCNC(=O)c1c(Cl)cncc1Cl)N1CCC(C2(c3ccc(S(C)(=O)=O)cc3)Cc3ccccc3O2)CC1. The number of hydrogen-bond donors (Lipinski definition) is 1. The summed E-state index contributed by atoms with van der Waals surface area (Å²) in [7, 11) is -3.28. The topological polar surface area (TPSA) is 88.6 Å². The Morgan fingerprint density at radius 3 is 2.38 bits per heavy atom. The predicted octanol–water partition coefficient (Wildman–Crippen LogP) is 5.54. The van der Waals surface area contributed by atoms with Gasteiger partial charge in [0.1, 0.15) is 11.4 Å². The number of nitrogens with one attached hydrogen (secondary N) is 1. The second kappa shape index (κ2) is 11.7. The molecule has 1 aromatic heterocycles. The van der Waals surface area contributed by atoms with Gasteiger partial charge in [0.15, 0.2) is 9.84 Å². The number of piperidine rings is 1. The lowest BCUT2D eigenvalue weighted by Gasteiger charge is -2.44. The van der Waals surface area contributed by atoms with Crippen molar-refractivity contribution in [1.29, 1.82) is 0 Å². The molecule has 2 aliphatic rings. The second-order valence-electron chi connectivity index (χ2n) is 10.8. The van der Waals surface area contributed by atoms with Gasteiger partial charge in [-0.25, -0.2) is 8.42 Å². The van der Waals surface area contributed by atoms with Crippen LogP contribution in [0.3, 0.4) is 0 Å². The van der Waals surface area contributed by atoms with E-state index >= 15 is 0 Å². The molecule has 2 atom stereocenters. The summed E-state index contributed by atoms with van der Waals surface area (Å²) >= 11 is 12.2. The van der Waals surface area contributed by atoms with Crippen molar-refractivity contribution in [2.75, 3.05) is 25.9 Å². The molecule has 2 aromatic carbocycles. The summed E-state index contributed by atoms with van der Waals surface area (Å²) in [5, 5.41) is 3.40. The number of halogens is 2. The van der Waals surface area contributed by atoms with E-state index in [-0.39, 0.29) is 33.5 Å². The van der Waals surface area contributed by atoms with Gasteiger partial charge >= 0.3 is 0 Å². The minimum absolute atomic E-state index is 0.233. The van der Waals surface area contributed by atoms with Crippen LogP contribution in [0.1, 0.15) is 47.7 Å². The number of carbonyl (C=O) groups excluding carboxylic acids is 1. The molecule has 212 valence electrons. The number of fused-ring (bicyclic) bond motifs is 1. The zero-order valence-electron chi connectivity index (χ0n) is 22.6. The normalized spacial score (nSPS) is 20.5. The first-order chi connectivity index (χ1) is 19.1. The molecular formula is C30H33Cl2N3O4S. The fraction of sp³-hybridized carbons (Fsp3) is 0.400. The Hall–Kier alpha value is -2.65. The summed E-state index contributed by atoms with van der Waals surface area (Å²) in [5.74, 6) is 0.865. The standard InChI is InChI=1S/C30H33Cl2N3O4S/c1-20(11-14-34-29(36)28-25(31)18-33-19-26(28)32)35-15-12-23(13-16-35)30(17-21-5-3-4-6-27(21)39-30)22-7-9-24(10-8-22)40(2,37)38/h3-10,18-20,23H,11-17H2,1-2H3,(H,34,36). The molecular weight excluding hydrogens is 569 g/mol. The first kappa shape index (κ1) is 28.9. The van der Waals surface area contributed by atoms with E-state index in [0.717, 1.165) is 50.1 Å². The Kier molecular flexibility index (Phi) is 8.43. The molecule has 7 nitrogen and oxygen atoms in total. The van der Waals surface area contributed by atoms with Crippen LogP contribution in [0.4, 0.5) is 0 Å².